The Morgan fingerprint density at radius 2 is 1.94 bits per heavy atom. The number of halogens is 1. The smallest absolute Gasteiger partial charge is 0.123 e. The van der Waals surface area contributed by atoms with Gasteiger partial charge in [-0.15, -0.1) is 0 Å². The zero-order valence-electron chi connectivity index (χ0n) is 9.75. The molecule has 0 spiro atoms. The topological polar surface area (TPSA) is 44.5 Å². The van der Waals surface area contributed by atoms with Gasteiger partial charge in [-0.2, -0.15) is 0 Å². The first-order chi connectivity index (χ1) is 7.72. The molecule has 0 aliphatic rings. The third kappa shape index (κ3) is 3.47. The maximum Gasteiger partial charge on any atom is 0.123 e. The molecule has 0 bridgehead atoms. The molecule has 0 saturated carbocycles. The van der Waals surface area contributed by atoms with E-state index in [0.717, 1.165) is 28.6 Å². The summed E-state index contributed by atoms with van der Waals surface area (Å²) in [5.74, 6) is 0.887. The molecule has 0 unspecified atom stereocenters. The molecule has 16 heavy (non-hydrogen) atoms. The molecule has 0 aromatic heterocycles. The molecule has 0 aliphatic heterocycles. The highest BCUT2D eigenvalue weighted by atomic mass is 79.9. The van der Waals surface area contributed by atoms with E-state index in [1.54, 1.807) is 14.2 Å². The summed E-state index contributed by atoms with van der Waals surface area (Å²) >= 11 is 3.54. The molecule has 0 saturated heterocycles. The summed E-state index contributed by atoms with van der Waals surface area (Å²) in [7, 11) is 3.38. The molecule has 0 atom stereocenters. The van der Waals surface area contributed by atoms with Crippen LogP contribution >= 0.6 is 15.9 Å². The second kappa shape index (κ2) is 6.89. The average molecular weight is 288 g/mol. The Labute approximate surface area is 105 Å². The minimum absolute atomic E-state index is 0.627. The molecular formula is C12H18BrNO2. The summed E-state index contributed by atoms with van der Waals surface area (Å²) in [4.78, 5) is 0. The van der Waals surface area contributed by atoms with Gasteiger partial charge >= 0.3 is 0 Å². The van der Waals surface area contributed by atoms with Crippen LogP contribution in [0.15, 0.2) is 16.6 Å². The standard InChI is InChI=1S/C12H18BrNO2/c1-15-6-4-9-7-10(3-5-14)12(16-2)8-11(9)13/h7-8H,3-6,14H2,1-2H3. The second-order valence-electron chi connectivity index (χ2n) is 3.54. The molecule has 0 heterocycles. The average Bonchev–Trinajstić information content (AvgIpc) is 2.29. The van der Waals surface area contributed by atoms with Crippen molar-refractivity contribution in [2.45, 2.75) is 12.8 Å². The fourth-order valence-corrected chi connectivity index (χ4v) is 2.12. The fraction of sp³-hybridized carbons (Fsp3) is 0.500. The van der Waals surface area contributed by atoms with Crippen molar-refractivity contribution in [1.29, 1.82) is 0 Å². The summed E-state index contributed by atoms with van der Waals surface area (Å²) in [5, 5.41) is 0. The largest absolute Gasteiger partial charge is 0.496 e. The van der Waals surface area contributed by atoms with Gasteiger partial charge in [0.15, 0.2) is 0 Å². The van der Waals surface area contributed by atoms with Gasteiger partial charge in [0.25, 0.3) is 0 Å². The summed E-state index contributed by atoms with van der Waals surface area (Å²) in [6.45, 7) is 1.34. The lowest BCUT2D eigenvalue weighted by molar-refractivity contribution is 0.202. The third-order valence-corrected chi connectivity index (χ3v) is 3.18. The van der Waals surface area contributed by atoms with Crippen LogP contribution < -0.4 is 10.5 Å². The van der Waals surface area contributed by atoms with Gasteiger partial charge in [-0.05, 0) is 36.6 Å². The van der Waals surface area contributed by atoms with Gasteiger partial charge in [0, 0.05) is 11.6 Å². The molecule has 1 aromatic carbocycles. The molecule has 90 valence electrons. The molecule has 1 rings (SSSR count). The summed E-state index contributed by atoms with van der Waals surface area (Å²) in [6, 6.07) is 4.13. The lowest BCUT2D eigenvalue weighted by Gasteiger charge is -2.12. The second-order valence-corrected chi connectivity index (χ2v) is 4.39. The highest BCUT2D eigenvalue weighted by Gasteiger charge is 2.08. The van der Waals surface area contributed by atoms with Gasteiger partial charge in [-0.1, -0.05) is 22.0 Å². The number of ether oxygens (including phenoxy) is 2. The van der Waals surface area contributed by atoms with E-state index >= 15 is 0 Å². The zero-order chi connectivity index (χ0) is 12.0. The number of methoxy groups -OCH3 is 2. The van der Waals surface area contributed by atoms with Gasteiger partial charge in [-0.3, -0.25) is 0 Å². The molecule has 0 fully saturated rings. The Balaban J connectivity index is 2.96. The fourth-order valence-electron chi connectivity index (χ4n) is 1.60. The molecular weight excluding hydrogens is 270 g/mol. The first-order valence-corrected chi connectivity index (χ1v) is 6.06. The van der Waals surface area contributed by atoms with E-state index in [-0.39, 0.29) is 0 Å². The van der Waals surface area contributed by atoms with Crippen LogP contribution in [-0.2, 0) is 17.6 Å². The van der Waals surface area contributed by atoms with E-state index in [0.29, 0.717) is 13.2 Å². The van der Waals surface area contributed by atoms with Crippen molar-refractivity contribution < 1.29 is 9.47 Å². The van der Waals surface area contributed by atoms with Crippen LogP contribution in [0.25, 0.3) is 0 Å². The first kappa shape index (κ1) is 13.5. The van der Waals surface area contributed by atoms with Gasteiger partial charge in [-0.25, -0.2) is 0 Å². The van der Waals surface area contributed by atoms with Crippen LogP contribution in [0, 0.1) is 0 Å². The monoisotopic (exact) mass is 287 g/mol. The number of benzene rings is 1. The van der Waals surface area contributed by atoms with Crippen molar-refractivity contribution in [2.24, 2.45) is 5.73 Å². The van der Waals surface area contributed by atoms with Crippen molar-refractivity contribution in [3.63, 3.8) is 0 Å². The Bertz CT molecular complexity index is 342. The molecule has 3 nitrogen and oxygen atoms in total. The van der Waals surface area contributed by atoms with Crippen molar-refractivity contribution in [3.05, 3.63) is 27.7 Å². The number of rotatable bonds is 6. The Morgan fingerprint density at radius 3 is 2.50 bits per heavy atom. The lowest BCUT2D eigenvalue weighted by atomic mass is 10.0. The molecule has 0 aliphatic carbocycles. The Kier molecular flexibility index (Phi) is 5.80. The third-order valence-electron chi connectivity index (χ3n) is 2.44. The van der Waals surface area contributed by atoms with E-state index < -0.39 is 0 Å². The minimum Gasteiger partial charge on any atom is -0.496 e. The minimum atomic E-state index is 0.627. The van der Waals surface area contributed by atoms with Gasteiger partial charge in [0.05, 0.1) is 13.7 Å². The van der Waals surface area contributed by atoms with E-state index in [2.05, 4.69) is 22.0 Å². The lowest BCUT2D eigenvalue weighted by Crippen LogP contribution is -2.06. The molecule has 1 aromatic rings. The van der Waals surface area contributed by atoms with Crippen LogP contribution in [0.2, 0.25) is 0 Å². The molecule has 0 radical (unpaired) electrons. The Hall–Kier alpha value is -0.580. The van der Waals surface area contributed by atoms with E-state index in [1.165, 1.54) is 5.56 Å². The molecule has 0 amide bonds. The first-order valence-electron chi connectivity index (χ1n) is 5.27. The van der Waals surface area contributed by atoms with Gasteiger partial charge in [0.1, 0.15) is 5.75 Å². The van der Waals surface area contributed by atoms with Crippen molar-refractivity contribution >= 4 is 15.9 Å². The van der Waals surface area contributed by atoms with Crippen molar-refractivity contribution in [1.82, 2.24) is 0 Å². The SMILES string of the molecule is COCCc1cc(CCN)c(OC)cc1Br. The normalized spacial score (nSPS) is 10.5. The molecule has 4 heteroatoms. The van der Waals surface area contributed by atoms with Crippen LogP contribution in [0.1, 0.15) is 11.1 Å². The summed E-state index contributed by atoms with van der Waals surface area (Å²) in [6.07, 6.45) is 1.72. The van der Waals surface area contributed by atoms with E-state index in [4.69, 9.17) is 15.2 Å². The summed E-state index contributed by atoms with van der Waals surface area (Å²) in [5.41, 5.74) is 7.96. The number of nitrogens with two attached hydrogens (primary N) is 1. The molecule has 2 N–H and O–H groups in total. The predicted molar refractivity (Wildman–Crippen MR) is 69.0 cm³/mol. The quantitative estimate of drug-likeness (QED) is 0.872. The maximum absolute atomic E-state index is 5.58. The van der Waals surface area contributed by atoms with Crippen LogP contribution in [0.4, 0.5) is 0 Å². The number of hydrogen-bond donors (Lipinski definition) is 1. The van der Waals surface area contributed by atoms with E-state index in [1.807, 2.05) is 6.07 Å². The maximum atomic E-state index is 5.58. The highest BCUT2D eigenvalue weighted by Crippen LogP contribution is 2.28. The Morgan fingerprint density at radius 1 is 1.19 bits per heavy atom. The number of hydrogen-bond acceptors (Lipinski definition) is 3. The summed E-state index contributed by atoms with van der Waals surface area (Å²) < 4.78 is 11.5. The van der Waals surface area contributed by atoms with Crippen molar-refractivity contribution in [3.8, 4) is 5.75 Å². The van der Waals surface area contributed by atoms with Crippen LogP contribution in [-0.4, -0.2) is 27.4 Å². The van der Waals surface area contributed by atoms with Crippen molar-refractivity contribution in [2.75, 3.05) is 27.4 Å². The van der Waals surface area contributed by atoms with Crippen LogP contribution in [0.3, 0.4) is 0 Å². The van der Waals surface area contributed by atoms with Gasteiger partial charge in [0.2, 0.25) is 0 Å². The predicted octanol–water partition coefficient (Wildman–Crippen LogP) is 2.15. The van der Waals surface area contributed by atoms with E-state index in [9.17, 15) is 0 Å². The van der Waals surface area contributed by atoms with Gasteiger partial charge < -0.3 is 15.2 Å². The van der Waals surface area contributed by atoms with Crippen LogP contribution in [0.5, 0.6) is 5.75 Å². The highest BCUT2D eigenvalue weighted by molar-refractivity contribution is 9.10. The zero-order valence-corrected chi connectivity index (χ0v) is 11.3.